The van der Waals surface area contributed by atoms with Crippen molar-refractivity contribution >= 4 is 5.91 Å². The minimum absolute atomic E-state index is 0.0675. The van der Waals surface area contributed by atoms with Crippen LogP contribution in [0.2, 0.25) is 0 Å². The summed E-state index contributed by atoms with van der Waals surface area (Å²) >= 11 is 0. The van der Waals surface area contributed by atoms with E-state index in [0.717, 1.165) is 0 Å². The van der Waals surface area contributed by atoms with Crippen LogP contribution in [0.3, 0.4) is 0 Å². The Kier molecular flexibility index (Phi) is 4.98. The topological polar surface area (TPSA) is 67.6 Å². The number of amides is 1. The van der Waals surface area contributed by atoms with Crippen molar-refractivity contribution in [3.05, 3.63) is 0 Å². The number of carbonyl (C=O) groups is 1. The van der Waals surface area contributed by atoms with Gasteiger partial charge < -0.3 is 20.7 Å². The van der Waals surface area contributed by atoms with E-state index >= 15 is 0 Å². The molecule has 0 spiro atoms. The molecule has 5 nitrogen and oxygen atoms in total. The minimum atomic E-state index is -0.821. The van der Waals surface area contributed by atoms with Gasteiger partial charge in [-0.1, -0.05) is 13.8 Å². The summed E-state index contributed by atoms with van der Waals surface area (Å²) in [5.74, 6) is -0.0675. The third-order valence-corrected chi connectivity index (χ3v) is 4.67. The normalized spacial score (nSPS) is 30.8. The van der Waals surface area contributed by atoms with Crippen LogP contribution < -0.4 is 11.1 Å². The molecule has 0 aromatic heterocycles. The lowest BCUT2D eigenvalue weighted by atomic mass is 9.54. The highest BCUT2D eigenvalue weighted by Crippen LogP contribution is 2.49. The van der Waals surface area contributed by atoms with Gasteiger partial charge in [0.1, 0.15) is 5.54 Å². The molecule has 1 aliphatic carbocycles. The highest BCUT2D eigenvalue weighted by molar-refractivity contribution is 5.88. The maximum Gasteiger partial charge on any atom is 0.240 e. The first-order valence-corrected chi connectivity index (χ1v) is 7.02. The molecule has 1 aliphatic rings. The second kappa shape index (κ2) is 5.77. The van der Waals surface area contributed by atoms with Crippen molar-refractivity contribution in [2.45, 2.75) is 51.8 Å². The van der Waals surface area contributed by atoms with Crippen LogP contribution in [0.1, 0.15) is 34.1 Å². The Bertz CT molecular complexity index is 331. The third kappa shape index (κ3) is 2.93. The van der Waals surface area contributed by atoms with Crippen LogP contribution in [-0.4, -0.2) is 55.7 Å². The van der Waals surface area contributed by atoms with Crippen molar-refractivity contribution in [1.82, 2.24) is 10.2 Å². The van der Waals surface area contributed by atoms with Crippen LogP contribution in [0.15, 0.2) is 0 Å². The molecule has 0 radical (unpaired) electrons. The molecule has 112 valence electrons. The van der Waals surface area contributed by atoms with E-state index in [0.29, 0.717) is 25.6 Å². The third-order valence-electron chi connectivity index (χ3n) is 4.67. The number of ether oxygens (including phenoxy) is 1. The number of likely N-dealkylation sites (N-methyl/N-ethyl adjacent to an activating group) is 1. The molecule has 3 atom stereocenters. The van der Waals surface area contributed by atoms with Crippen LogP contribution in [-0.2, 0) is 9.53 Å². The lowest BCUT2D eigenvalue weighted by Gasteiger charge is -2.57. The predicted molar refractivity (Wildman–Crippen MR) is 76.9 cm³/mol. The second-order valence-corrected chi connectivity index (χ2v) is 6.36. The Labute approximate surface area is 116 Å². The minimum Gasteiger partial charge on any atom is -0.378 e. The van der Waals surface area contributed by atoms with Gasteiger partial charge in [-0.25, -0.2) is 0 Å². The first kappa shape index (κ1) is 16.4. The average Bonchev–Trinajstić information content (AvgIpc) is 2.34. The number of carbonyl (C=O) groups excluding carboxylic acids is 1. The Morgan fingerprint density at radius 3 is 2.53 bits per heavy atom. The van der Waals surface area contributed by atoms with Gasteiger partial charge >= 0.3 is 0 Å². The molecule has 19 heavy (non-hydrogen) atoms. The fourth-order valence-electron chi connectivity index (χ4n) is 2.40. The summed E-state index contributed by atoms with van der Waals surface area (Å²) in [6, 6.07) is 0.290. The molecule has 0 aliphatic heterocycles. The van der Waals surface area contributed by atoms with E-state index < -0.39 is 5.54 Å². The van der Waals surface area contributed by atoms with Crippen LogP contribution in [0.25, 0.3) is 0 Å². The molecule has 1 saturated carbocycles. The maximum atomic E-state index is 12.3. The van der Waals surface area contributed by atoms with Gasteiger partial charge in [-0.05, 0) is 27.9 Å². The summed E-state index contributed by atoms with van der Waals surface area (Å²) in [6.45, 7) is 9.31. The molecule has 5 heteroatoms. The fourth-order valence-corrected chi connectivity index (χ4v) is 2.40. The zero-order valence-corrected chi connectivity index (χ0v) is 13.1. The van der Waals surface area contributed by atoms with Gasteiger partial charge in [-0.3, -0.25) is 4.79 Å². The number of rotatable bonds is 6. The fraction of sp³-hybridized carbons (Fsp3) is 0.929. The van der Waals surface area contributed by atoms with E-state index in [-0.39, 0.29) is 17.4 Å². The molecule has 0 aromatic rings. The van der Waals surface area contributed by atoms with Crippen molar-refractivity contribution in [2.24, 2.45) is 11.1 Å². The summed E-state index contributed by atoms with van der Waals surface area (Å²) in [4.78, 5) is 14.4. The number of nitrogens with zero attached hydrogens (tertiary/aromatic N) is 1. The van der Waals surface area contributed by atoms with Gasteiger partial charge in [0.15, 0.2) is 0 Å². The van der Waals surface area contributed by atoms with Gasteiger partial charge in [-0.15, -0.1) is 0 Å². The first-order valence-electron chi connectivity index (χ1n) is 7.02. The highest BCUT2D eigenvalue weighted by Gasteiger charge is 2.62. The van der Waals surface area contributed by atoms with Crippen molar-refractivity contribution in [1.29, 1.82) is 0 Å². The standard InChI is InChI=1S/C14H29N3O2/c1-7-19-11-8-14(15,13(11,3)4)12(18)16-9-10(2)17(5)6/h10-11H,7-9,15H2,1-6H3,(H,16,18). The SMILES string of the molecule is CCOC1CC(N)(C(=O)NCC(C)N(C)C)C1(C)C. The van der Waals surface area contributed by atoms with Gasteiger partial charge in [-0.2, -0.15) is 0 Å². The molecule has 3 unspecified atom stereocenters. The van der Waals surface area contributed by atoms with Gasteiger partial charge in [0.25, 0.3) is 0 Å². The monoisotopic (exact) mass is 271 g/mol. The molecule has 0 aromatic carbocycles. The number of hydrogen-bond donors (Lipinski definition) is 2. The van der Waals surface area contributed by atoms with Crippen molar-refractivity contribution in [3.63, 3.8) is 0 Å². The summed E-state index contributed by atoms with van der Waals surface area (Å²) in [6.07, 6.45) is 0.662. The van der Waals surface area contributed by atoms with Crippen molar-refractivity contribution in [3.8, 4) is 0 Å². The molecular weight excluding hydrogens is 242 g/mol. The van der Waals surface area contributed by atoms with E-state index in [9.17, 15) is 4.79 Å². The van der Waals surface area contributed by atoms with E-state index in [1.807, 2.05) is 34.9 Å². The van der Waals surface area contributed by atoms with E-state index in [1.54, 1.807) is 0 Å². The van der Waals surface area contributed by atoms with Gasteiger partial charge in [0.05, 0.1) is 6.10 Å². The van der Waals surface area contributed by atoms with E-state index in [1.165, 1.54) is 0 Å². The molecule has 1 rings (SSSR count). The Balaban J connectivity index is 2.58. The van der Waals surface area contributed by atoms with Crippen LogP contribution in [0.4, 0.5) is 0 Å². The first-order chi connectivity index (χ1) is 8.66. The van der Waals surface area contributed by atoms with Crippen molar-refractivity contribution < 1.29 is 9.53 Å². The smallest absolute Gasteiger partial charge is 0.240 e. The number of nitrogens with two attached hydrogens (primary N) is 1. The molecule has 1 amide bonds. The molecule has 0 bridgehead atoms. The zero-order valence-electron chi connectivity index (χ0n) is 13.1. The average molecular weight is 271 g/mol. The molecule has 0 heterocycles. The molecular formula is C14H29N3O2. The van der Waals surface area contributed by atoms with E-state index in [4.69, 9.17) is 10.5 Å². The van der Waals surface area contributed by atoms with Crippen LogP contribution >= 0.6 is 0 Å². The molecule has 1 fully saturated rings. The van der Waals surface area contributed by atoms with E-state index in [2.05, 4.69) is 17.1 Å². The number of hydrogen-bond acceptors (Lipinski definition) is 4. The Morgan fingerprint density at radius 1 is 1.53 bits per heavy atom. The predicted octanol–water partition coefficient (Wildman–Crippen LogP) is 0.585. The second-order valence-electron chi connectivity index (χ2n) is 6.36. The lowest BCUT2D eigenvalue weighted by molar-refractivity contribution is -0.170. The van der Waals surface area contributed by atoms with Crippen LogP contribution in [0, 0.1) is 5.41 Å². The number of nitrogens with one attached hydrogen (secondary N) is 1. The Hall–Kier alpha value is -0.650. The van der Waals surface area contributed by atoms with Crippen LogP contribution in [0.5, 0.6) is 0 Å². The van der Waals surface area contributed by atoms with Gasteiger partial charge in [0.2, 0.25) is 5.91 Å². The van der Waals surface area contributed by atoms with Crippen molar-refractivity contribution in [2.75, 3.05) is 27.2 Å². The van der Waals surface area contributed by atoms with Gasteiger partial charge in [0, 0.05) is 31.0 Å². The summed E-state index contributed by atoms with van der Waals surface area (Å²) in [5, 5.41) is 2.96. The summed E-state index contributed by atoms with van der Waals surface area (Å²) in [7, 11) is 3.99. The highest BCUT2D eigenvalue weighted by atomic mass is 16.5. The lowest BCUT2D eigenvalue weighted by Crippen LogP contribution is -2.76. The summed E-state index contributed by atoms with van der Waals surface area (Å²) in [5.41, 5.74) is 5.16. The quantitative estimate of drug-likeness (QED) is 0.742. The largest absolute Gasteiger partial charge is 0.378 e. The molecule has 3 N–H and O–H groups in total. The Morgan fingerprint density at radius 2 is 2.11 bits per heavy atom. The maximum absolute atomic E-state index is 12.3. The summed E-state index contributed by atoms with van der Waals surface area (Å²) < 4.78 is 5.63. The zero-order chi connectivity index (χ0) is 14.8. The molecule has 0 saturated heterocycles.